The number of ether oxygens (including phenoxy) is 2. The van der Waals surface area contributed by atoms with Crippen LogP contribution in [-0.4, -0.2) is 60.9 Å². The number of rotatable bonds is 9. The first-order valence-electron chi connectivity index (χ1n) is 10.3. The van der Waals surface area contributed by atoms with Crippen LogP contribution in [0.25, 0.3) is 0 Å². The molecule has 7 nitrogen and oxygen atoms in total. The molecule has 0 radical (unpaired) electrons. The molecule has 3 fully saturated rings. The number of nitrogens with zero attached hydrogens (tertiary/aromatic N) is 1. The Labute approximate surface area is 187 Å². The number of hydrogen-bond donors (Lipinski definition) is 2. The van der Waals surface area contributed by atoms with Crippen LogP contribution in [-0.2, 0) is 14.3 Å². The summed E-state index contributed by atoms with van der Waals surface area (Å²) in [6, 6.07) is 2.94. The average molecular weight is 474 g/mol. The lowest BCUT2D eigenvalue weighted by Crippen LogP contribution is -2.84. The van der Waals surface area contributed by atoms with Crippen LogP contribution in [0.4, 0.5) is 13.2 Å². The van der Waals surface area contributed by atoms with E-state index in [4.69, 9.17) is 21.1 Å². The van der Waals surface area contributed by atoms with Gasteiger partial charge in [-0.25, -0.2) is 13.2 Å². The molecule has 3 saturated carbocycles. The summed E-state index contributed by atoms with van der Waals surface area (Å²) in [5.41, 5.74) is -0.713. The second-order valence-corrected chi connectivity index (χ2v) is 9.09. The molecule has 2 amide bonds. The van der Waals surface area contributed by atoms with E-state index in [1.54, 1.807) is 0 Å². The van der Waals surface area contributed by atoms with Crippen molar-refractivity contribution in [3.05, 3.63) is 29.0 Å². The number of benzene rings is 1. The molecule has 1 aromatic rings. The monoisotopic (exact) mass is 473 g/mol. The number of hydrogen-bond acceptors (Lipinski definition) is 5. The highest BCUT2D eigenvalue weighted by molar-refractivity contribution is 6.30. The molecular weight excluding hydrogens is 451 g/mol. The first kappa shape index (κ1) is 22.8. The highest BCUT2D eigenvalue weighted by Gasteiger charge is 2.69. The lowest BCUT2D eigenvalue weighted by atomic mass is 9.44. The van der Waals surface area contributed by atoms with Crippen molar-refractivity contribution in [2.45, 2.75) is 61.8 Å². The summed E-state index contributed by atoms with van der Waals surface area (Å²) in [5.74, 6) is -1.04. The van der Waals surface area contributed by atoms with Crippen molar-refractivity contribution >= 4 is 29.6 Å². The van der Waals surface area contributed by atoms with Crippen LogP contribution in [0.5, 0.6) is 5.75 Å². The topological polar surface area (TPSA) is 89.0 Å². The second-order valence-electron chi connectivity index (χ2n) is 8.68. The minimum absolute atomic E-state index is 0.0272. The zero-order valence-corrected chi connectivity index (χ0v) is 17.8. The van der Waals surface area contributed by atoms with Crippen LogP contribution < -0.4 is 15.4 Å². The maximum atomic E-state index is 13.4. The highest BCUT2D eigenvalue weighted by Crippen LogP contribution is 2.60. The SMILES string of the molecule is O=C(COc1ccc(Cl)c(F)c1)NC12CC(NC(=O)COC3C=NC(C(F)F)CC3)(C1)C2. The number of halogens is 4. The van der Waals surface area contributed by atoms with Crippen molar-refractivity contribution < 1.29 is 32.2 Å². The number of nitrogens with one attached hydrogen (secondary N) is 2. The van der Waals surface area contributed by atoms with Crippen LogP contribution >= 0.6 is 11.6 Å². The standard InChI is InChI=1S/C21H23ClF3N3O4/c22-14-3-1-12(5-15(14)23)31-7-17(29)27-20-9-21(10-20,11-20)28-18(30)8-32-13-2-4-16(19(24)25)26-6-13/h1,3,5-6,13,16,19H,2,4,7-11H2,(H,27,29)(H,28,30). The molecule has 2 unspecified atom stereocenters. The molecule has 0 spiro atoms. The lowest BCUT2D eigenvalue weighted by molar-refractivity contribution is -0.153. The Balaban J connectivity index is 1.13. The molecule has 11 heteroatoms. The van der Waals surface area contributed by atoms with Crippen LogP contribution in [0, 0.1) is 5.82 Å². The van der Waals surface area contributed by atoms with E-state index in [1.165, 1.54) is 18.3 Å². The van der Waals surface area contributed by atoms with Crippen molar-refractivity contribution in [3.8, 4) is 5.75 Å². The fraction of sp³-hybridized carbons (Fsp3) is 0.571. The van der Waals surface area contributed by atoms with E-state index in [1.807, 2.05) is 0 Å². The Morgan fingerprint density at radius 3 is 2.34 bits per heavy atom. The smallest absolute Gasteiger partial charge is 0.260 e. The Hall–Kier alpha value is -2.33. The molecule has 4 aliphatic rings. The predicted molar refractivity (Wildman–Crippen MR) is 110 cm³/mol. The maximum Gasteiger partial charge on any atom is 0.260 e. The van der Waals surface area contributed by atoms with Gasteiger partial charge in [-0.15, -0.1) is 0 Å². The van der Waals surface area contributed by atoms with E-state index in [0.29, 0.717) is 25.7 Å². The molecule has 1 heterocycles. The molecular formula is C21H23ClF3N3O4. The van der Waals surface area contributed by atoms with Crippen LogP contribution in [0.3, 0.4) is 0 Å². The van der Waals surface area contributed by atoms with Crippen molar-refractivity contribution in [3.63, 3.8) is 0 Å². The van der Waals surface area contributed by atoms with Gasteiger partial charge >= 0.3 is 0 Å². The Morgan fingerprint density at radius 1 is 1.12 bits per heavy atom. The average Bonchev–Trinajstić information content (AvgIpc) is 2.71. The van der Waals surface area contributed by atoms with Crippen LogP contribution in [0.1, 0.15) is 32.1 Å². The van der Waals surface area contributed by atoms with Gasteiger partial charge in [-0.05, 0) is 44.2 Å². The molecule has 2 bridgehead atoms. The summed E-state index contributed by atoms with van der Waals surface area (Å²) in [6.07, 6.45) is 0.860. The number of amides is 2. The van der Waals surface area contributed by atoms with Gasteiger partial charge in [-0.3, -0.25) is 14.6 Å². The molecule has 5 rings (SSSR count). The fourth-order valence-electron chi connectivity index (χ4n) is 4.62. The number of carbonyl (C=O) groups excluding carboxylic acids is 2. The first-order chi connectivity index (χ1) is 15.2. The number of aliphatic imine (C=N–C) groups is 1. The number of carbonyl (C=O) groups is 2. The summed E-state index contributed by atoms with van der Waals surface area (Å²) in [4.78, 5) is 28.1. The molecule has 3 aliphatic carbocycles. The van der Waals surface area contributed by atoms with Gasteiger partial charge < -0.3 is 20.1 Å². The van der Waals surface area contributed by atoms with E-state index in [9.17, 15) is 22.8 Å². The Kier molecular flexibility index (Phi) is 6.35. The summed E-state index contributed by atoms with van der Waals surface area (Å²) >= 11 is 5.61. The minimum Gasteiger partial charge on any atom is -0.484 e. The minimum atomic E-state index is -2.49. The van der Waals surface area contributed by atoms with Gasteiger partial charge in [0.2, 0.25) is 5.91 Å². The fourth-order valence-corrected chi connectivity index (χ4v) is 4.74. The zero-order valence-electron chi connectivity index (χ0n) is 17.1. The molecule has 2 N–H and O–H groups in total. The zero-order chi connectivity index (χ0) is 22.9. The summed E-state index contributed by atoms with van der Waals surface area (Å²) < 4.78 is 49.3. The van der Waals surface area contributed by atoms with Gasteiger partial charge in [0.1, 0.15) is 24.2 Å². The molecule has 2 atom stereocenters. The van der Waals surface area contributed by atoms with Gasteiger partial charge in [-0.2, -0.15) is 0 Å². The van der Waals surface area contributed by atoms with E-state index in [-0.39, 0.29) is 53.3 Å². The number of alkyl halides is 2. The van der Waals surface area contributed by atoms with Crippen LogP contribution in [0.2, 0.25) is 5.02 Å². The quantitative estimate of drug-likeness (QED) is 0.577. The Morgan fingerprint density at radius 2 is 1.78 bits per heavy atom. The lowest BCUT2D eigenvalue weighted by Gasteiger charge is -2.70. The van der Waals surface area contributed by atoms with Gasteiger partial charge in [0.05, 0.1) is 11.1 Å². The molecule has 174 valence electrons. The Bertz CT molecular complexity index is 910. The van der Waals surface area contributed by atoms with Gasteiger partial charge in [0.15, 0.2) is 6.61 Å². The normalized spacial score (nSPS) is 30.3. The molecule has 1 aliphatic heterocycles. The van der Waals surface area contributed by atoms with Gasteiger partial charge in [-0.1, -0.05) is 11.6 Å². The summed E-state index contributed by atoms with van der Waals surface area (Å²) in [7, 11) is 0. The predicted octanol–water partition coefficient (Wildman–Crippen LogP) is 2.65. The largest absolute Gasteiger partial charge is 0.484 e. The molecule has 0 aromatic heterocycles. The van der Waals surface area contributed by atoms with Crippen molar-refractivity contribution in [2.24, 2.45) is 4.99 Å². The van der Waals surface area contributed by atoms with Gasteiger partial charge in [0, 0.05) is 23.4 Å². The summed E-state index contributed by atoms with van der Waals surface area (Å²) in [5, 5.41) is 5.81. The van der Waals surface area contributed by atoms with E-state index >= 15 is 0 Å². The third-order valence-corrected chi connectivity index (χ3v) is 6.32. The maximum absolute atomic E-state index is 13.4. The van der Waals surface area contributed by atoms with E-state index in [0.717, 1.165) is 6.07 Å². The molecule has 1 aromatic carbocycles. The van der Waals surface area contributed by atoms with E-state index in [2.05, 4.69) is 15.6 Å². The van der Waals surface area contributed by atoms with Crippen molar-refractivity contribution in [1.29, 1.82) is 0 Å². The second kappa shape index (κ2) is 8.90. The third kappa shape index (κ3) is 5.01. The van der Waals surface area contributed by atoms with Crippen molar-refractivity contribution in [2.75, 3.05) is 13.2 Å². The molecule has 32 heavy (non-hydrogen) atoms. The molecule has 0 saturated heterocycles. The van der Waals surface area contributed by atoms with Gasteiger partial charge in [0.25, 0.3) is 12.3 Å². The van der Waals surface area contributed by atoms with Crippen molar-refractivity contribution in [1.82, 2.24) is 10.6 Å². The highest BCUT2D eigenvalue weighted by atomic mass is 35.5. The summed E-state index contributed by atoms with van der Waals surface area (Å²) in [6.45, 7) is -0.436. The third-order valence-electron chi connectivity index (χ3n) is 6.01. The van der Waals surface area contributed by atoms with E-state index < -0.39 is 24.4 Å². The first-order valence-corrected chi connectivity index (χ1v) is 10.7. The van der Waals surface area contributed by atoms with Crippen LogP contribution in [0.15, 0.2) is 23.2 Å².